The van der Waals surface area contributed by atoms with E-state index in [4.69, 9.17) is 20.8 Å². The van der Waals surface area contributed by atoms with Gasteiger partial charge in [-0.15, -0.1) is 0 Å². The molecule has 0 aliphatic heterocycles. The number of halogens is 4. The highest BCUT2D eigenvalue weighted by molar-refractivity contribution is 6.30. The second-order valence-electron chi connectivity index (χ2n) is 6.92. The van der Waals surface area contributed by atoms with Crippen LogP contribution in [-0.4, -0.2) is 35.3 Å². The van der Waals surface area contributed by atoms with Crippen molar-refractivity contribution >= 4 is 17.5 Å². The van der Waals surface area contributed by atoms with Crippen LogP contribution < -0.4 is 10.1 Å². The molecule has 32 heavy (non-hydrogen) atoms. The van der Waals surface area contributed by atoms with Gasteiger partial charge in [-0.25, -0.2) is 4.98 Å². The Morgan fingerprint density at radius 1 is 1.22 bits per heavy atom. The molecule has 0 bridgehead atoms. The van der Waals surface area contributed by atoms with Crippen molar-refractivity contribution in [2.75, 3.05) is 13.2 Å². The van der Waals surface area contributed by atoms with Crippen LogP contribution in [0.25, 0.3) is 11.3 Å². The standard InChI is InChI=1S/C22H20ClF3N2O4/c23-16-6-4-14(5-7-16)19-12-28-21(32-19)9-8-20(30)27-11-17(29)13-31-18-3-1-2-15(10-18)22(24,25)26/h1-7,10,12,17,29H,8-9,11,13H2,(H,27,30). The van der Waals surface area contributed by atoms with Crippen molar-refractivity contribution < 1.29 is 32.2 Å². The SMILES string of the molecule is O=C(CCc1ncc(-c2ccc(Cl)cc2)o1)NCC(O)COc1cccc(C(F)(F)F)c1. The largest absolute Gasteiger partial charge is 0.491 e. The summed E-state index contributed by atoms with van der Waals surface area (Å²) in [5, 5.41) is 13.1. The number of aliphatic hydroxyl groups is 1. The van der Waals surface area contributed by atoms with Gasteiger partial charge in [-0.05, 0) is 42.5 Å². The van der Waals surface area contributed by atoms with Gasteiger partial charge < -0.3 is 19.6 Å². The van der Waals surface area contributed by atoms with Crippen molar-refractivity contribution in [3.63, 3.8) is 0 Å². The van der Waals surface area contributed by atoms with E-state index in [2.05, 4.69) is 10.3 Å². The highest BCUT2D eigenvalue weighted by atomic mass is 35.5. The predicted octanol–water partition coefficient (Wildman–Crippen LogP) is 4.50. The molecule has 2 N–H and O–H groups in total. The van der Waals surface area contributed by atoms with Crippen LogP contribution in [0.5, 0.6) is 5.75 Å². The molecule has 3 aromatic rings. The number of carbonyl (C=O) groups is 1. The van der Waals surface area contributed by atoms with Crippen molar-refractivity contribution in [1.82, 2.24) is 10.3 Å². The first kappa shape index (κ1) is 23.6. The molecule has 1 atom stereocenters. The monoisotopic (exact) mass is 468 g/mol. The van der Waals surface area contributed by atoms with E-state index >= 15 is 0 Å². The molecular weight excluding hydrogens is 449 g/mol. The Kier molecular flexibility index (Phi) is 7.76. The maximum Gasteiger partial charge on any atom is 0.416 e. The number of hydrogen-bond donors (Lipinski definition) is 2. The third kappa shape index (κ3) is 7.00. The number of rotatable bonds is 9. The van der Waals surface area contributed by atoms with Crippen LogP contribution >= 0.6 is 11.6 Å². The molecule has 0 saturated carbocycles. The highest BCUT2D eigenvalue weighted by Gasteiger charge is 2.30. The third-order valence-corrected chi connectivity index (χ3v) is 4.64. The summed E-state index contributed by atoms with van der Waals surface area (Å²) >= 11 is 5.86. The predicted molar refractivity (Wildman–Crippen MR) is 111 cm³/mol. The molecule has 10 heteroatoms. The van der Waals surface area contributed by atoms with Gasteiger partial charge >= 0.3 is 6.18 Å². The fourth-order valence-corrected chi connectivity index (χ4v) is 2.85. The highest BCUT2D eigenvalue weighted by Crippen LogP contribution is 2.31. The van der Waals surface area contributed by atoms with E-state index in [0.29, 0.717) is 16.7 Å². The summed E-state index contributed by atoms with van der Waals surface area (Å²) in [7, 11) is 0. The molecule has 3 rings (SSSR count). The number of nitrogens with one attached hydrogen (secondary N) is 1. The minimum atomic E-state index is -4.48. The molecule has 0 aliphatic carbocycles. The van der Waals surface area contributed by atoms with Crippen LogP contribution in [0.3, 0.4) is 0 Å². The maximum absolute atomic E-state index is 12.7. The number of ether oxygens (including phenoxy) is 1. The van der Waals surface area contributed by atoms with Gasteiger partial charge in [0.2, 0.25) is 5.91 Å². The molecule has 0 spiro atoms. The first-order chi connectivity index (χ1) is 15.2. The van der Waals surface area contributed by atoms with Gasteiger partial charge in [0.1, 0.15) is 18.5 Å². The summed E-state index contributed by atoms with van der Waals surface area (Å²) in [5.74, 6) is 0.581. The van der Waals surface area contributed by atoms with Crippen LogP contribution in [0, 0.1) is 0 Å². The van der Waals surface area contributed by atoms with Gasteiger partial charge in [0.05, 0.1) is 11.8 Å². The zero-order valence-corrected chi connectivity index (χ0v) is 17.5. The maximum atomic E-state index is 12.7. The van der Waals surface area contributed by atoms with Crippen molar-refractivity contribution in [2.24, 2.45) is 0 Å². The third-order valence-electron chi connectivity index (χ3n) is 4.39. The Bertz CT molecular complexity index is 1040. The van der Waals surface area contributed by atoms with Crippen molar-refractivity contribution in [3.05, 3.63) is 71.2 Å². The van der Waals surface area contributed by atoms with Crippen molar-refractivity contribution in [1.29, 1.82) is 0 Å². The first-order valence-corrected chi connectivity index (χ1v) is 10.0. The molecule has 6 nitrogen and oxygen atoms in total. The zero-order valence-electron chi connectivity index (χ0n) is 16.7. The molecule has 0 aliphatic rings. The average Bonchev–Trinajstić information content (AvgIpc) is 3.24. The Labute approximate surface area is 187 Å². The molecular formula is C22H20ClF3N2O4. The molecule has 170 valence electrons. The summed E-state index contributed by atoms with van der Waals surface area (Å²) in [6, 6.07) is 11.4. The van der Waals surface area contributed by atoms with E-state index in [9.17, 15) is 23.1 Å². The molecule has 0 fully saturated rings. The molecule has 1 heterocycles. The van der Waals surface area contributed by atoms with E-state index in [-0.39, 0.29) is 37.6 Å². The fraction of sp³-hybridized carbons (Fsp3) is 0.273. The summed E-state index contributed by atoms with van der Waals surface area (Å²) in [6.45, 7) is -0.384. The number of amides is 1. The lowest BCUT2D eigenvalue weighted by Crippen LogP contribution is -2.35. The molecule has 2 aromatic carbocycles. The van der Waals surface area contributed by atoms with E-state index in [1.54, 1.807) is 30.5 Å². The molecule has 0 saturated heterocycles. The van der Waals surface area contributed by atoms with Gasteiger partial charge in [-0.2, -0.15) is 13.2 Å². The normalized spacial score (nSPS) is 12.4. The number of aryl methyl sites for hydroxylation is 1. The second kappa shape index (κ2) is 10.5. The Balaban J connectivity index is 1.39. The van der Waals surface area contributed by atoms with Gasteiger partial charge in [0.15, 0.2) is 11.7 Å². The lowest BCUT2D eigenvalue weighted by molar-refractivity contribution is -0.137. The quantitative estimate of drug-likeness (QED) is 0.483. The minimum Gasteiger partial charge on any atom is -0.491 e. The summed E-state index contributed by atoms with van der Waals surface area (Å²) in [6.07, 6.45) is -3.67. The summed E-state index contributed by atoms with van der Waals surface area (Å²) < 4.78 is 48.9. The number of aromatic nitrogens is 1. The summed E-state index contributed by atoms with van der Waals surface area (Å²) in [5.41, 5.74) is -0.0370. The smallest absolute Gasteiger partial charge is 0.416 e. The lowest BCUT2D eigenvalue weighted by atomic mass is 10.2. The number of alkyl halides is 3. The Morgan fingerprint density at radius 3 is 2.69 bits per heavy atom. The molecule has 1 amide bonds. The van der Waals surface area contributed by atoms with E-state index in [1.807, 2.05) is 0 Å². The second-order valence-corrected chi connectivity index (χ2v) is 7.36. The summed E-state index contributed by atoms with van der Waals surface area (Å²) in [4.78, 5) is 16.1. The first-order valence-electron chi connectivity index (χ1n) is 9.66. The van der Waals surface area contributed by atoms with E-state index in [1.165, 1.54) is 12.1 Å². The van der Waals surface area contributed by atoms with Gasteiger partial charge in [-0.1, -0.05) is 17.7 Å². The molecule has 1 aromatic heterocycles. The number of hydrogen-bond acceptors (Lipinski definition) is 5. The van der Waals surface area contributed by atoms with Crippen LogP contribution in [0.15, 0.2) is 59.1 Å². The number of carbonyl (C=O) groups excluding carboxylic acids is 1. The van der Waals surface area contributed by atoms with Gasteiger partial charge in [0, 0.05) is 30.0 Å². The minimum absolute atomic E-state index is 0.0226. The average molecular weight is 469 g/mol. The lowest BCUT2D eigenvalue weighted by Gasteiger charge is -2.14. The van der Waals surface area contributed by atoms with E-state index < -0.39 is 17.8 Å². The number of nitrogens with zero attached hydrogens (tertiary/aromatic N) is 1. The number of oxazole rings is 1. The van der Waals surface area contributed by atoms with Crippen molar-refractivity contribution in [3.8, 4) is 17.1 Å². The Morgan fingerprint density at radius 2 is 1.97 bits per heavy atom. The number of aliphatic hydroxyl groups excluding tert-OH is 1. The number of benzene rings is 2. The van der Waals surface area contributed by atoms with Gasteiger partial charge in [-0.3, -0.25) is 4.79 Å². The van der Waals surface area contributed by atoms with E-state index in [0.717, 1.165) is 17.7 Å². The molecule has 1 unspecified atom stereocenters. The van der Waals surface area contributed by atoms with Crippen LogP contribution in [0.4, 0.5) is 13.2 Å². The molecule has 0 radical (unpaired) electrons. The fourth-order valence-electron chi connectivity index (χ4n) is 2.73. The zero-order chi connectivity index (χ0) is 23.1. The van der Waals surface area contributed by atoms with Crippen molar-refractivity contribution in [2.45, 2.75) is 25.1 Å². The Hall–Kier alpha value is -3.04. The van der Waals surface area contributed by atoms with Crippen LogP contribution in [0.2, 0.25) is 5.02 Å². The van der Waals surface area contributed by atoms with Gasteiger partial charge in [0.25, 0.3) is 0 Å². The van der Waals surface area contributed by atoms with Crippen LogP contribution in [0.1, 0.15) is 17.9 Å². The topological polar surface area (TPSA) is 84.6 Å². The van der Waals surface area contributed by atoms with Crippen LogP contribution in [-0.2, 0) is 17.4 Å².